The minimum absolute atomic E-state index is 0.167. The fourth-order valence-electron chi connectivity index (χ4n) is 3.37. The van der Waals surface area contributed by atoms with E-state index in [-0.39, 0.29) is 5.91 Å². The molecule has 1 aliphatic rings. The predicted molar refractivity (Wildman–Crippen MR) is 86.2 cm³/mol. The number of carbonyl (C=O) groups excluding carboxylic acids is 1. The fraction of sp³-hybridized carbons (Fsp3) is 0.353. The lowest BCUT2D eigenvalue weighted by Crippen LogP contribution is -2.30. The number of carbonyl (C=O) groups is 1. The Morgan fingerprint density at radius 3 is 3.13 bits per heavy atom. The summed E-state index contributed by atoms with van der Waals surface area (Å²) in [5.74, 6) is 0.533. The van der Waals surface area contributed by atoms with Crippen molar-refractivity contribution in [1.29, 1.82) is 0 Å². The third-order valence-electron chi connectivity index (χ3n) is 4.65. The second kappa shape index (κ2) is 5.53. The number of fused-ring (bicyclic) bond motifs is 1. The van der Waals surface area contributed by atoms with Crippen molar-refractivity contribution in [3.05, 3.63) is 53.7 Å². The summed E-state index contributed by atoms with van der Waals surface area (Å²) in [5.41, 5.74) is 3.92. The summed E-state index contributed by atoms with van der Waals surface area (Å²) >= 11 is 0. The first-order valence-electron chi connectivity index (χ1n) is 7.92. The van der Waals surface area contributed by atoms with Crippen LogP contribution in [0.3, 0.4) is 0 Å². The molecule has 0 saturated carbocycles. The molecule has 1 aliphatic heterocycles. The van der Waals surface area contributed by atoms with Gasteiger partial charge in [0.05, 0.1) is 17.8 Å². The molecule has 118 valence electrons. The number of rotatable bonds is 3. The van der Waals surface area contributed by atoms with Crippen molar-refractivity contribution in [2.45, 2.75) is 25.7 Å². The van der Waals surface area contributed by atoms with Crippen molar-refractivity contribution in [2.75, 3.05) is 13.1 Å². The van der Waals surface area contributed by atoms with E-state index in [1.807, 2.05) is 46.7 Å². The first kappa shape index (κ1) is 14.0. The number of imidazole rings is 1. The number of amides is 1. The molecule has 1 saturated heterocycles. The third kappa shape index (κ3) is 2.50. The molecular formula is C17H19N5O. The topological polar surface area (TPSA) is 66.3 Å². The van der Waals surface area contributed by atoms with E-state index in [4.69, 9.17) is 0 Å². The van der Waals surface area contributed by atoms with Gasteiger partial charge in [0.2, 0.25) is 5.91 Å². The van der Waals surface area contributed by atoms with Crippen molar-refractivity contribution in [1.82, 2.24) is 24.5 Å². The lowest BCUT2D eigenvalue weighted by Gasteiger charge is -2.16. The van der Waals surface area contributed by atoms with Gasteiger partial charge in [0.15, 0.2) is 0 Å². The molecule has 4 rings (SSSR count). The normalized spacial score (nSPS) is 18.0. The molecule has 0 aliphatic carbocycles. The zero-order valence-corrected chi connectivity index (χ0v) is 13.1. The molecule has 1 amide bonds. The molecule has 6 heteroatoms. The summed E-state index contributed by atoms with van der Waals surface area (Å²) in [6, 6.07) is 7.88. The summed E-state index contributed by atoms with van der Waals surface area (Å²) in [6.45, 7) is 3.53. The van der Waals surface area contributed by atoms with Crippen LogP contribution in [0.15, 0.2) is 36.7 Å². The largest absolute Gasteiger partial charge is 0.342 e. The first-order valence-corrected chi connectivity index (χ1v) is 7.92. The SMILES string of the molecule is Cc1nc2ccccn2c1CC(=O)N1CCC(c2ccn[nH]2)C1. The maximum atomic E-state index is 12.7. The molecule has 0 aromatic carbocycles. The smallest absolute Gasteiger partial charge is 0.228 e. The molecule has 6 nitrogen and oxygen atoms in total. The Hall–Kier alpha value is -2.63. The van der Waals surface area contributed by atoms with Gasteiger partial charge >= 0.3 is 0 Å². The number of aryl methyl sites for hydroxylation is 1. The van der Waals surface area contributed by atoms with Gasteiger partial charge in [0.25, 0.3) is 0 Å². The van der Waals surface area contributed by atoms with Gasteiger partial charge < -0.3 is 9.30 Å². The Balaban J connectivity index is 1.51. The number of pyridine rings is 1. The number of aromatic amines is 1. The van der Waals surface area contributed by atoms with Crippen molar-refractivity contribution in [2.24, 2.45) is 0 Å². The zero-order chi connectivity index (χ0) is 15.8. The average Bonchev–Trinajstić information content (AvgIpc) is 3.27. The summed E-state index contributed by atoms with van der Waals surface area (Å²) in [6.07, 6.45) is 5.11. The van der Waals surface area contributed by atoms with Crippen LogP contribution in [0.4, 0.5) is 0 Å². The molecule has 0 spiro atoms. The highest BCUT2D eigenvalue weighted by Gasteiger charge is 2.28. The van der Waals surface area contributed by atoms with Crippen LogP contribution in [0.5, 0.6) is 0 Å². The Bertz CT molecular complexity index is 836. The molecular weight excluding hydrogens is 290 g/mol. The first-order chi connectivity index (χ1) is 11.2. The maximum absolute atomic E-state index is 12.7. The number of hydrogen-bond donors (Lipinski definition) is 1. The lowest BCUT2D eigenvalue weighted by atomic mass is 10.1. The van der Waals surface area contributed by atoms with Crippen LogP contribution in [-0.2, 0) is 11.2 Å². The van der Waals surface area contributed by atoms with E-state index in [0.29, 0.717) is 12.3 Å². The Morgan fingerprint density at radius 1 is 1.39 bits per heavy atom. The van der Waals surface area contributed by atoms with E-state index in [1.165, 1.54) is 0 Å². The Morgan fingerprint density at radius 2 is 2.30 bits per heavy atom. The van der Waals surface area contributed by atoms with Crippen LogP contribution in [0, 0.1) is 6.92 Å². The third-order valence-corrected chi connectivity index (χ3v) is 4.65. The molecule has 0 bridgehead atoms. The monoisotopic (exact) mass is 309 g/mol. The molecule has 1 unspecified atom stereocenters. The Labute approximate surface area is 134 Å². The number of likely N-dealkylation sites (tertiary alicyclic amines) is 1. The van der Waals surface area contributed by atoms with Crippen molar-refractivity contribution < 1.29 is 4.79 Å². The van der Waals surface area contributed by atoms with E-state index in [1.54, 1.807) is 6.20 Å². The number of nitrogens with zero attached hydrogens (tertiary/aromatic N) is 4. The molecule has 3 aromatic heterocycles. The number of aromatic nitrogens is 4. The van der Waals surface area contributed by atoms with E-state index < -0.39 is 0 Å². The number of nitrogens with one attached hydrogen (secondary N) is 1. The highest BCUT2D eigenvalue weighted by atomic mass is 16.2. The number of H-pyrrole nitrogens is 1. The Kier molecular flexibility index (Phi) is 3.37. The van der Waals surface area contributed by atoms with Gasteiger partial charge in [-0.1, -0.05) is 6.07 Å². The quantitative estimate of drug-likeness (QED) is 0.804. The minimum Gasteiger partial charge on any atom is -0.342 e. The summed E-state index contributed by atoms with van der Waals surface area (Å²) < 4.78 is 2.01. The van der Waals surface area contributed by atoms with Gasteiger partial charge in [0.1, 0.15) is 5.65 Å². The summed E-state index contributed by atoms with van der Waals surface area (Å²) in [7, 11) is 0. The van der Waals surface area contributed by atoms with Crippen molar-refractivity contribution in [3.8, 4) is 0 Å². The minimum atomic E-state index is 0.167. The molecule has 23 heavy (non-hydrogen) atoms. The van der Waals surface area contributed by atoms with Crippen LogP contribution in [0.25, 0.3) is 5.65 Å². The number of hydrogen-bond acceptors (Lipinski definition) is 3. The van der Waals surface area contributed by atoms with Gasteiger partial charge in [-0.25, -0.2) is 4.98 Å². The molecule has 1 N–H and O–H groups in total. The van der Waals surface area contributed by atoms with Gasteiger partial charge in [-0.3, -0.25) is 9.89 Å². The van der Waals surface area contributed by atoms with Gasteiger partial charge in [-0.2, -0.15) is 5.10 Å². The molecule has 0 radical (unpaired) electrons. The highest BCUT2D eigenvalue weighted by molar-refractivity contribution is 5.79. The van der Waals surface area contributed by atoms with Crippen LogP contribution in [-0.4, -0.2) is 43.5 Å². The average molecular weight is 309 g/mol. The summed E-state index contributed by atoms with van der Waals surface area (Å²) in [5, 5.41) is 7.02. The zero-order valence-electron chi connectivity index (χ0n) is 13.1. The second-order valence-corrected chi connectivity index (χ2v) is 6.09. The lowest BCUT2D eigenvalue weighted by molar-refractivity contribution is -0.129. The van der Waals surface area contributed by atoms with Gasteiger partial charge in [-0.15, -0.1) is 0 Å². The van der Waals surface area contributed by atoms with E-state index in [2.05, 4.69) is 15.2 Å². The standard InChI is InChI=1S/C17H19N5O/c1-12-15(22-8-3-2-4-16(22)19-12)10-17(23)21-9-6-13(11-21)14-5-7-18-20-14/h2-5,7-8,13H,6,9-11H2,1H3,(H,18,20). The second-order valence-electron chi connectivity index (χ2n) is 6.09. The predicted octanol–water partition coefficient (Wildman–Crippen LogP) is 1.92. The van der Waals surface area contributed by atoms with Crippen molar-refractivity contribution >= 4 is 11.6 Å². The molecule has 1 fully saturated rings. The summed E-state index contributed by atoms with van der Waals surface area (Å²) in [4.78, 5) is 19.2. The van der Waals surface area contributed by atoms with Crippen molar-refractivity contribution in [3.63, 3.8) is 0 Å². The van der Waals surface area contributed by atoms with E-state index >= 15 is 0 Å². The molecule has 4 heterocycles. The van der Waals surface area contributed by atoms with Gasteiger partial charge in [0, 0.05) is 37.1 Å². The van der Waals surface area contributed by atoms with Crippen LogP contribution >= 0.6 is 0 Å². The van der Waals surface area contributed by atoms with Crippen LogP contribution < -0.4 is 0 Å². The molecule has 3 aromatic rings. The van der Waals surface area contributed by atoms with E-state index in [0.717, 1.165) is 42.2 Å². The van der Waals surface area contributed by atoms with Gasteiger partial charge in [-0.05, 0) is 31.5 Å². The maximum Gasteiger partial charge on any atom is 0.228 e. The van der Waals surface area contributed by atoms with Crippen LogP contribution in [0.1, 0.15) is 29.4 Å². The highest BCUT2D eigenvalue weighted by Crippen LogP contribution is 2.26. The molecule has 1 atom stereocenters. The van der Waals surface area contributed by atoms with Crippen LogP contribution in [0.2, 0.25) is 0 Å². The van der Waals surface area contributed by atoms with E-state index in [9.17, 15) is 4.79 Å². The fourth-order valence-corrected chi connectivity index (χ4v) is 3.37.